The number of piperazine rings is 1. The van der Waals surface area contributed by atoms with Gasteiger partial charge in [0.1, 0.15) is 0 Å². The zero-order valence-electron chi connectivity index (χ0n) is 17.3. The number of benzene rings is 2. The van der Waals surface area contributed by atoms with Crippen molar-refractivity contribution in [2.45, 2.75) is 31.1 Å². The van der Waals surface area contributed by atoms with Gasteiger partial charge in [-0.1, -0.05) is 61.9 Å². The fourth-order valence-electron chi connectivity index (χ4n) is 3.45. The lowest BCUT2D eigenvalue weighted by atomic mass is 9.84. The van der Waals surface area contributed by atoms with Gasteiger partial charge in [-0.15, -0.1) is 0 Å². The highest BCUT2D eigenvalue weighted by atomic mass is 32.2. The summed E-state index contributed by atoms with van der Waals surface area (Å²) in [4.78, 5) is 14.6. The normalized spacial score (nSPS) is 15.9. The van der Waals surface area contributed by atoms with Crippen LogP contribution in [-0.2, 0) is 15.4 Å². The summed E-state index contributed by atoms with van der Waals surface area (Å²) in [5.74, 6) is 0. The van der Waals surface area contributed by atoms with Crippen molar-refractivity contribution in [3.63, 3.8) is 0 Å². The van der Waals surface area contributed by atoms with E-state index < -0.39 is 10.0 Å². The summed E-state index contributed by atoms with van der Waals surface area (Å²) in [6.45, 7) is 8.13. The molecule has 3 rings (SSSR count). The number of aryl methyl sites for hydroxylation is 1. The molecule has 1 fully saturated rings. The molecule has 2 amide bonds. The van der Waals surface area contributed by atoms with Gasteiger partial charge in [0.15, 0.2) is 0 Å². The third-order valence-electron chi connectivity index (χ3n) is 5.39. The molecular formula is C22H29N3O3S. The number of sulfonamides is 1. The highest BCUT2D eigenvalue weighted by Crippen LogP contribution is 2.23. The van der Waals surface area contributed by atoms with E-state index >= 15 is 0 Å². The second-order valence-corrected chi connectivity index (χ2v) is 10.1. The average molecular weight is 416 g/mol. The van der Waals surface area contributed by atoms with Crippen LogP contribution in [-0.4, -0.2) is 56.4 Å². The Morgan fingerprint density at radius 3 is 2.28 bits per heavy atom. The van der Waals surface area contributed by atoms with Gasteiger partial charge < -0.3 is 10.2 Å². The van der Waals surface area contributed by atoms with Gasteiger partial charge >= 0.3 is 6.03 Å². The minimum Gasteiger partial charge on any atom is -0.337 e. The predicted octanol–water partition coefficient (Wildman–Crippen LogP) is 2.99. The number of rotatable bonds is 5. The molecule has 7 heteroatoms. The third-order valence-corrected chi connectivity index (χ3v) is 7.30. The molecule has 0 bridgehead atoms. The van der Waals surface area contributed by atoms with Crippen molar-refractivity contribution in [1.29, 1.82) is 0 Å². The number of nitrogens with one attached hydrogen (secondary N) is 1. The van der Waals surface area contributed by atoms with Crippen LogP contribution in [0, 0.1) is 6.92 Å². The minimum absolute atomic E-state index is 0.150. The van der Waals surface area contributed by atoms with Gasteiger partial charge in [-0.25, -0.2) is 13.2 Å². The van der Waals surface area contributed by atoms with E-state index in [1.807, 2.05) is 6.07 Å². The molecule has 156 valence electrons. The fraction of sp³-hybridized carbons (Fsp3) is 0.409. The van der Waals surface area contributed by atoms with Crippen molar-refractivity contribution in [2.75, 3.05) is 32.7 Å². The number of urea groups is 1. The summed E-state index contributed by atoms with van der Waals surface area (Å²) in [7, 11) is -3.51. The maximum absolute atomic E-state index is 12.7. The third kappa shape index (κ3) is 4.97. The van der Waals surface area contributed by atoms with E-state index in [4.69, 9.17) is 0 Å². The summed E-state index contributed by atoms with van der Waals surface area (Å²) in [6, 6.07) is 16.6. The Morgan fingerprint density at radius 2 is 1.66 bits per heavy atom. The summed E-state index contributed by atoms with van der Waals surface area (Å²) < 4.78 is 26.9. The zero-order chi connectivity index (χ0) is 21.1. The van der Waals surface area contributed by atoms with Crippen LogP contribution >= 0.6 is 0 Å². The van der Waals surface area contributed by atoms with Crippen molar-refractivity contribution in [3.05, 3.63) is 65.7 Å². The minimum atomic E-state index is -3.51. The Bertz CT molecular complexity index is 950. The molecular weight excluding hydrogens is 386 g/mol. The second-order valence-electron chi connectivity index (χ2n) is 8.12. The summed E-state index contributed by atoms with van der Waals surface area (Å²) in [5, 5.41) is 3.01. The SMILES string of the molecule is Cc1cccc(C(C)(C)CNC(=O)N2CCN(S(=O)(=O)c3ccccc3)CC2)c1. The van der Waals surface area contributed by atoms with E-state index in [1.165, 1.54) is 15.4 Å². The molecule has 0 radical (unpaired) electrons. The molecule has 2 aromatic carbocycles. The van der Waals surface area contributed by atoms with E-state index in [9.17, 15) is 13.2 Å². The van der Waals surface area contributed by atoms with Gasteiger partial charge in [0.2, 0.25) is 10.0 Å². The van der Waals surface area contributed by atoms with Crippen LogP contribution in [0.1, 0.15) is 25.0 Å². The van der Waals surface area contributed by atoms with Crippen molar-refractivity contribution >= 4 is 16.1 Å². The first-order valence-electron chi connectivity index (χ1n) is 9.85. The Balaban J connectivity index is 1.55. The molecule has 6 nitrogen and oxygen atoms in total. The molecule has 29 heavy (non-hydrogen) atoms. The van der Waals surface area contributed by atoms with Gasteiger partial charge in [-0.2, -0.15) is 4.31 Å². The zero-order valence-corrected chi connectivity index (χ0v) is 18.1. The van der Waals surface area contributed by atoms with Crippen molar-refractivity contribution < 1.29 is 13.2 Å². The highest BCUT2D eigenvalue weighted by Gasteiger charge is 2.30. The van der Waals surface area contributed by atoms with Crippen molar-refractivity contribution in [2.24, 2.45) is 0 Å². The molecule has 0 aliphatic carbocycles. The van der Waals surface area contributed by atoms with Crippen LogP contribution < -0.4 is 5.32 Å². The van der Waals surface area contributed by atoms with E-state index in [2.05, 4.69) is 44.3 Å². The van der Waals surface area contributed by atoms with Crippen LogP contribution in [0.4, 0.5) is 4.79 Å². The lowest BCUT2D eigenvalue weighted by molar-refractivity contribution is 0.170. The monoisotopic (exact) mass is 415 g/mol. The first-order chi connectivity index (χ1) is 13.7. The van der Waals surface area contributed by atoms with Gasteiger partial charge in [0.25, 0.3) is 0 Å². The van der Waals surface area contributed by atoms with Gasteiger partial charge in [-0.05, 0) is 24.6 Å². The molecule has 1 heterocycles. The first kappa shape index (κ1) is 21.3. The van der Waals surface area contributed by atoms with Crippen LogP contribution in [0.3, 0.4) is 0 Å². The first-order valence-corrected chi connectivity index (χ1v) is 11.3. The number of amides is 2. The quantitative estimate of drug-likeness (QED) is 0.816. The largest absolute Gasteiger partial charge is 0.337 e. The maximum Gasteiger partial charge on any atom is 0.317 e. The average Bonchev–Trinajstić information content (AvgIpc) is 2.73. The van der Waals surface area contributed by atoms with Crippen LogP contribution in [0.15, 0.2) is 59.5 Å². The van der Waals surface area contributed by atoms with E-state index in [0.717, 1.165) is 0 Å². The van der Waals surface area contributed by atoms with Crippen LogP contribution in [0.25, 0.3) is 0 Å². The fourth-order valence-corrected chi connectivity index (χ4v) is 4.89. The predicted molar refractivity (Wildman–Crippen MR) is 114 cm³/mol. The summed E-state index contributed by atoms with van der Waals surface area (Å²) in [6.07, 6.45) is 0. The number of hydrogen-bond donors (Lipinski definition) is 1. The highest BCUT2D eigenvalue weighted by molar-refractivity contribution is 7.89. The van der Waals surface area contributed by atoms with Crippen LogP contribution in [0.5, 0.6) is 0 Å². The standard InChI is InChI=1S/C22H29N3O3S/c1-18-8-7-9-19(16-18)22(2,3)17-23-21(26)24-12-14-25(15-13-24)29(27,28)20-10-5-4-6-11-20/h4-11,16H,12-15,17H2,1-3H3,(H,23,26). The molecule has 0 aromatic heterocycles. The maximum atomic E-state index is 12.7. The summed E-state index contributed by atoms with van der Waals surface area (Å²) in [5.41, 5.74) is 2.18. The molecule has 0 spiro atoms. The molecule has 0 atom stereocenters. The molecule has 1 aliphatic heterocycles. The molecule has 1 aliphatic rings. The Labute approximate surface area is 173 Å². The molecule has 2 aromatic rings. The topological polar surface area (TPSA) is 69.7 Å². The number of carbonyl (C=O) groups excluding carboxylic acids is 1. The van der Waals surface area contributed by atoms with E-state index in [0.29, 0.717) is 32.7 Å². The molecule has 0 unspecified atom stereocenters. The number of carbonyl (C=O) groups is 1. The molecule has 1 saturated heterocycles. The van der Waals surface area contributed by atoms with E-state index in [-0.39, 0.29) is 16.3 Å². The van der Waals surface area contributed by atoms with Crippen molar-refractivity contribution in [1.82, 2.24) is 14.5 Å². The smallest absolute Gasteiger partial charge is 0.317 e. The van der Waals surface area contributed by atoms with Gasteiger partial charge in [0.05, 0.1) is 4.90 Å². The van der Waals surface area contributed by atoms with Gasteiger partial charge in [-0.3, -0.25) is 0 Å². The number of hydrogen-bond acceptors (Lipinski definition) is 3. The molecule has 1 N–H and O–H groups in total. The lowest BCUT2D eigenvalue weighted by Crippen LogP contribution is -2.54. The van der Waals surface area contributed by atoms with Gasteiger partial charge in [0, 0.05) is 38.1 Å². The number of nitrogens with zero attached hydrogens (tertiary/aromatic N) is 2. The van der Waals surface area contributed by atoms with E-state index in [1.54, 1.807) is 35.2 Å². The molecule has 0 saturated carbocycles. The van der Waals surface area contributed by atoms with Crippen LogP contribution in [0.2, 0.25) is 0 Å². The summed E-state index contributed by atoms with van der Waals surface area (Å²) >= 11 is 0. The lowest BCUT2D eigenvalue weighted by Gasteiger charge is -2.35. The van der Waals surface area contributed by atoms with Crippen molar-refractivity contribution in [3.8, 4) is 0 Å². The second kappa shape index (κ2) is 8.55. The Morgan fingerprint density at radius 1 is 1.00 bits per heavy atom. The Hall–Kier alpha value is -2.38. The Kier molecular flexibility index (Phi) is 6.29.